The number of nitrogens with zero attached hydrogens (tertiary/aromatic N) is 2. The molecule has 0 spiro atoms. The third-order valence-corrected chi connectivity index (χ3v) is 6.35. The average molecular weight is 474 g/mol. The minimum Gasteiger partial charge on any atom is -0.493 e. The third kappa shape index (κ3) is 5.16. The molecule has 0 aliphatic rings. The number of thiophene rings is 1. The molecule has 0 unspecified atom stereocenters. The van der Waals surface area contributed by atoms with Crippen LogP contribution in [0, 0.1) is 13.8 Å². The van der Waals surface area contributed by atoms with Gasteiger partial charge in [0.15, 0.2) is 11.5 Å². The van der Waals surface area contributed by atoms with Gasteiger partial charge in [0.1, 0.15) is 22.1 Å². The van der Waals surface area contributed by atoms with E-state index in [1.54, 1.807) is 35.0 Å². The number of benzene rings is 1. The molecule has 176 valence electrons. The molecule has 0 saturated carbocycles. The standard InChI is InChI=1S/C23H27N3O6S/c1-6-32-23(29)20-13(2)19-21(33-20)25-14(3)26(22(19)28)12-18(27)24-10-9-15-7-8-16(30-4)17(11-15)31-5/h7-8,11H,6,9-10,12H2,1-5H3,(H,24,27). The van der Waals surface area contributed by atoms with Crippen molar-refractivity contribution in [3.63, 3.8) is 0 Å². The van der Waals surface area contributed by atoms with Gasteiger partial charge in [-0.2, -0.15) is 0 Å². The summed E-state index contributed by atoms with van der Waals surface area (Å²) in [6.45, 7) is 5.55. The lowest BCUT2D eigenvalue weighted by Gasteiger charge is -2.11. The first-order chi connectivity index (χ1) is 15.8. The van der Waals surface area contributed by atoms with E-state index in [2.05, 4.69) is 10.3 Å². The molecule has 2 heterocycles. The topological polar surface area (TPSA) is 109 Å². The molecule has 2 aromatic heterocycles. The second-order valence-corrected chi connectivity index (χ2v) is 8.30. The molecule has 1 N–H and O–H groups in total. The molecule has 3 rings (SSSR count). The van der Waals surface area contributed by atoms with E-state index in [0.717, 1.165) is 16.9 Å². The Morgan fingerprint density at radius 3 is 2.55 bits per heavy atom. The fraction of sp³-hybridized carbons (Fsp3) is 0.391. The van der Waals surface area contributed by atoms with Crippen LogP contribution in [0.3, 0.4) is 0 Å². The Labute approximate surface area is 195 Å². The van der Waals surface area contributed by atoms with E-state index < -0.39 is 5.97 Å². The zero-order chi connectivity index (χ0) is 24.1. The van der Waals surface area contributed by atoms with Crippen LogP contribution in [0.4, 0.5) is 0 Å². The Morgan fingerprint density at radius 2 is 1.88 bits per heavy atom. The van der Waals surface area contributed by atoms with Gasteiger partial charge in [0, 0.05) is 6.54 Å². The monoisotopic (exact) mass is 473 g/mol. The smallest absolute Gasteiger partial charge is 0.348 e. The largest absolute Gasteiger partial charge is 0.493 e. The van der Waals surface area contributed by atoms with E-state index in [1.165, 1.54) is 4.57 Å². The number of aryl methyl sites for hydroxylation is 2. The highest BCUT2D eigenvalue weighted by Gasteiger charge is 2.22. The zero-order valence-electron chi connectivity index (χ0n) is 19.3. The van der Waals surface area contributed by atoms with Crippen molar-refractivity contribution < 1.29 is 23.8 Å². The lowest BCUT2D eigenvalue weighted by atomic mass is 10.1. The van der Waals surface area contributed by atoms with Crippen LogP contribution in [0.1, 0.15) is 33.5 Å². The van der Waals surface area contributed by atoms with E-state index in [1.807, 2.05) is 18.2 Å². The van der Waals surface area contributed by atoms with Gasteiger partial charge in [0.25, 0.3) is 5.56 Å². The molecule has 0 aliphatic heterocycles. The van der Waals surface area contributed by atoms with E-state index >= 15 is 0 Å². The van der Waals surface area contributed by atoms with Crippen molar-refractivity contribution in [2.45, 2.75) is 33.7 Å². The van der Waals surface area contributed by atoms with Gasteiger partial charge in [-0.1, -0.05) is 6.07 Å². The second kappa shape index (κ2) is 10.5. The predicted molar refractivity (Wildman–Crippen MR) is 126 cm³/mol. The molecule has 33 heavy (non-hydrogen) atoms. The molecular weight excluding hydrogens is 446 g/mol. The van der Waals surface area contributed by atoms with E-state index in [9.17, 15) is 14.4 Å². The Morgan fingerprint density at radius 1 is 1.15 bits per heavy atom. The lowest BCUT2D eigenvalue weighted by molar-refractivity contribution is -0.121. The maximum absolute atomic E-state index is 13.1. The van der Waals surface area contributed by atoms with Gasteiger partial charge < -0.3 is 19.5 Å². The molecule has 0 saturated heterocycles. The third-order valence-electron chi connectivity index (χ3n) is 5.19. The number of nitrogens with one attached hydrogen (secondary N) is 1. The highest BCUT2D eigenvalue weighted by molar-refractivity contribution is 7.20. The van der Waals surface area contributed by atoms with E-state index in [-0.39, 0.29) is 24.6 Å². The summed E-state index contributed by atoms with van der Waals surface area (Å²) in [7, 11) is 3.14. The summed E-state index contributed by atoms with van der Waals surface area (Å²) in [6.07, 6.45) is 0.587. The van der Waals surface area contributed by atoms with E-state index in [0.29, 0.717) is 50.9 Å². The first-order valence-corrected chi connectivity index (χ1v) is 11.3. The average Bonchev–Trinajstić information content (AvgIpc) is 3.12. The minimum absolute atomic E-state index is 0.163. The molecule has 1 amide bonds. The van der Waals surface area contributed by atoms with Gasteiger partial charge in [-0.3, -0.25) is 14.2 Å². The minimum atomic E-state index is -0.477. The number of rotatable bonds is 9. The van der Waals surface area contributed by atoms with Crippen LogP contribution in [0.25, 0.3) is 10.2 Å². The van der Waals surface area contributed by atoms with Crippen LogP contribution in [-0.2, 0) is 22.5 Å². The van der Waals surface area contributed by atoms with Gasteiger partial charge in [-0.05, 0) is 50.5 Å². The van der Waals surface area contributed by atoms with Crippen molar-refractivity contribution in [1.82, 2.24) is 14.9 Å². The quantitative estimate of drug-likeness (QED) is 0.476. The number of esters is 1. The van der Waals surface area contributed by atoms with Crippen molar-refractivity contribution in [2.75, 3.05) is 27.4 Å². The first-order valence-electron chi connectivity index (χ1n) is 10.5. The molecule has 10 heteroatoms. The summed E-state index contributed by atoms with van der Waals surface area (Å²) in [5.74, 6) is 0.878. The van der Waals surface area contributed by atoms with Crippen LogP contribution in [-0.4, -0.2) is 48.8 Å². The second-order valence-electron chi connectivity index (χ2n) is 7.30. The summed E-state index contributed by atoms with van der Waals surface area (Å²) in [4.78, 5) is 43.1. The van der Waals surface area contributed by atoms with Gasteiger partial charge in [-0.25, -0.2) is 9.78 Å². The molecule has 0 radical (unpaired) electrons. The van der Waals surface area contributed by atoms with Gasteiger partial charge in [-0.15, -0.1) is 11.3 Å². The van der Waals surface area contributed by atoms with Crippen LogP contribution in [0.15, 0.2) is 23.0 Å². The molecule has 3 aromatic rings. The van der Waals surface area contributed by atoms with Gasteiger partial charge in [0.05, 0.1) is 26.2 Å². The van der Waals surface area contributed by atoms with Crippen molar-refractivity contribution in [2.24, 2.45) is 0 Å². The number of aromatic nitrogens is 2. The number of hydrogen-bond donors (Lipinski definition) is 1. The summed E-state index contributed by atoms with van der Waals surface area (Å²) < 4.78 is 16.9. The van der Waals surface area contributed by atoms with E-state index in [4.69, 9.17) is 14.2 Å². The molecule has 0 bridgehead atoms. The Hall–Kier alpha value is -3.40. The summed E-state index contributed by atoms with van der Waals surface area (Å²) in [6, 6.07) is 5.58. The summed E-state index contributed by atoms with van der Waals surface area (Å²) in [5.41, 5.74) is 1.15. The van der Waals surface area contributed by atoms with Crippen molar-refractivity contribution in [3.05, 3.63) is 50.4 Å². The highest BCUT2D eigenvalue weighted by Crippen LogP contribution is 2.28. The number of carbonyl (C=O) groups excluding carboxylic acids is 2. The predicted octanol–water partition coefficient (Wildman–Crippen LogP) is 2.63. The lowest BCUT2D eigenvalue weighted by Crippen LogP contribution is -2.34. The SMILES string of the molecule is CCOC(=O)c1sc2nc(C)n(CC(=O)NCCc3ccc(OC)c(OC)c3)c(=O)c2c1C. The number of fused-ring (bicyclic) bond motifs is 1. The van der Waals surface area contributed by atoms with Crippen molar-refractivity contribution in [1.29, 1.82) is 0 Å². The van der Waals surface area contributed by atoms with Gasteiger partial charge in [0.2, 0.25) is 5.91 Å². The number of amides is 1. The molecular formula is C23H27N3O6S. The molecule has 9 nitrogen and oxygen atoms in total. The maximum atomic E-state index is 13.1. The normalized spacial score (nSPS) is 10.8. The van der Waals surface area contributed by atoms with Crippen molar-refractivity contribution >= 4 is 33.4 Å². The molecule has 0 atom stereocenters. The fourth-order valence-corrected chi connectivity index (χ4v) is 4.59. The molecule has 0 fully saturated rings. The fourth-order valence-electron chi connectivity index (χ4n) is 3.48. The maximum Gasteiger partial charge on any atom is 0.348 e. The summed E-state index contributed by atoms with van der Waals surface area (Å²) in [5, 5.41) is 3.17. The number of ether oxygens (including phenoxy) is 3. The molecule has 1 aromatic carbocycles. The zero-order valence-corrected chi connectivity index (χ0v) is 20.1. The molecule has 0 aliphatic carbocycles. The Balaban J connectivity index is 1.72. The van der Waals surface area contributed by atoms with Gasteiger partial charge >= 0.3 is 5.97 Å². The van der Waals surface area contributed by atoms with Crippen molar-refractivity contribution in [3.8, 4) is 11.5 Å². The highest BCUT2D eigenvalue weighted by atomic mass is 32.1. The van der Waals surface area contributed by atoms with Crippen LogP contribution in [0.2, 0.25) is 0 Å². The Kier molecular flexibility index (Phi) is 7.70. The van der Waals surface area contributed by atoms with Crippen LogP contribution >= 0.6 is 11.3 Å². The number of hydrogen-bond acceptors (Lipinski definition) is 8. The number of methoxy groups -OCH3 is 2. The number of carbonyl (C=O) groups is 2. The Bertz CT molecular complexity index is 1250. The van der Waals surface area contributed by atoms with Crippen LogP contribution < -0.4 is 20.3 Å². The summed E-state index contributed by atoms with van der Waals surface area (Å²) >= 11 is 1.13. The first kappa shape index (κ1) is 24.2. The van der Waals surface area contributed by atoms with Crippen LogP contribution in [0.5, 0.6) is 11.5 Å².